The minimum absolute atomic E-state index is 0.0929. The van der Waals surface area contributed by atoms with Crippen molar-refractivity contribution in [3.63, 3.8) is 0 Å². The van der Waals surface area contributed by atoms with Crippen LogP contribution in [0.4, 0.5) is 15.8 Å². The molecule has 0 aromatic heterocycles. The van der Waals surface area contributed by atoms with Crippen molar-refractivity contribution >= 4 is 11.4 Å². The van der Waals surface area contributed by atoms with Gasteiger partial charge in [-0.05, 0) is 36.6 Å². The van der Waals surface area contributed by atoms with Crippen molar-refractivity contribution in [3.8, 4) is 6.07 Å². The van der Waals surface area contributed by atoms with Gasteiger partial charge in [0.2, 0.25) is 0 Å². The molecule has 1 heterocycles. The zero-order chi connectivity index (χ0) is 15.0. The molecule has 4 heteroatoms. The maximum atomic E-state index is 14.2. The molecule has 0 atom stereocenters. The van der Waals surface area contributed by atoms with Gasteiger partial charge in [-0.3, -0.25) is 0 Å². The molecule has 2 aromatic carbocycles. The molecule has 3 rings (SSSR count). The van der Waals surface area contributed by atoms with Gasteiger partial charge in [0.1, 0.15) is 11.9 Å². The van der Waals surface area contributed by atoms with Crippen molar-refractivity contribution in [1.82, 2.24) is 0 Å². The van der Waals surface area contributed by atoms with Crippen LogP contribution in [0, 0.1) is 24.1 Å². The van der Waals surface area contributed by atoms with Crippen LogP contribution in [0.2, 0.25) is 0 Å². The molecule has 0 radical (unpaired) electrons. The third-order valence-electron chi connectivity index (χ3n) is 4.02. The van der Waals surface area contributed by atoms with E-state index in [-0.39, 0.29) is 5.56 Å². The number of nitrogen functional groups attached to an aromatic ring is 1. The smallest absolute Gasteiger partial charge is 0.145 e. The molecular formula is C17H16FN3. The van der Waals surface area contributed by atoms with E-state index in [1.807, 2.05) is 19.1 Å². The topological polar surface area (TPSA) is 53.0 Å². The molecule has 1 aliphatic rings. The number of halogens is 1. The molecular weight excluding hydrogens is 265 g/mol. The molecule has 2 N–H and O–H groups in total. The Kier molecular flexibility index (Phi) is 3.26. The quantitative estimate of drug-likeness (QED) is 0.860. The Morgan fingerprint density at radius 1 is 1.38 bits per heavy atom. The molecule has 0 unspecified atom stereocenters. The number of benzene rings is 2. The largest absolute Gasteiger partial charge is 0.398 e. The summed E-state index contributed by atoms with van der Waals surface area (Å²) in [4.78, 5) is 2.12. The summed E-state index contributed by atoms with van der Waals surface area (Å²) in [6.45, 7) is 3.29. The van der Waals surface area contributed by atoms with Crippen LogP contribution in [-0.2, 0) is 13.0 Å². The van der Waals surface area contributed by atoms with Crippen LogP contribution in [0.5, 0.6) is 0 Å². The summed E-state index contributed by atoms with van der Waals surface area (Å²) in [5.41, 5.74) is 10.8. The van der Waals surface area contributed by atoms with Crippen LogP contribution < -0.4 is 10.6 Å². The second-order valence-corrected chi connectivity index (χ2v) is 5.40. The highest BCUT2D eigenvalue weighted by Crippen LogP contribution is 2.33. The van der Waals surface area contributed by atoms with Gasteiger partial charge in [0.25, 0.3) is 0 Å². The second-order valence-electron chi connectivity index (χ2n) is 5.40. The van der Waals surface area contributed by atoms with Crippen molar-refractivity contribution < 1.29 is 4.39 Å². The zero-order valence-corrected chi connectivity index (χ0v) is 11.9. The third-order valence-corrected chi connectivity index (χ3v) is 4.02. The number of anilines is 2. The predicted octanol–water partition coefficient (Wildman–Crippen LogP) is 3.15. The molecule has 2 aromatic rings. The van der Waals surface area contributed by atoms with Gasteiger partial charge in [-0.2, -0.15) is 5.26 Å². The van der Waals surface area contributed by atoms with Crippen LogP contribution in [0.15, 0.2) is 30.3 Å². The molecule has 0 aliphatic carbocycles. The van der Waals surface area contributed by atoms with Gasteiger partial charge in [-0.15, -0.1) is 0 Å². The first-order valence-electron chi connectivity index (χ1n) is 6.91. The lowest BCUT2D eigenvalue weighted by Crippen LogP contribution is -2.20. The SMILES string of the molecule is Cc1cc2c(cc1N)N(Cc1cccc(C#N)c1F)CC2. The van der Waals surface area contributed by atoms with Gasteiger partial charge in [0.15, 0.2) is 0 Å². The summed E-state index contributed by atoms with van der Waals surface area (Å²) in [5, 5.41) is 8.91. The van der Waals surface area contributed by atoms with Crippen LogP contribution in [0.1, 0.15) is 22.3 Å². The third kappa shape index (κ3) is 2.31. The Morgan fingerprint density at radius 3 is 2.95 bits per heavy atom. The monoisotopic (exact) mass is 281 g/mol. The highest BCUT2D eigenvalue weighted by molar-refractivity contribution is 5.67. The van der Waals surface area contributed by atoms with Gasteiger partial charge in [-0.25, -0.2) is 4.39 Å². The average Bonchev–Trinajstić information content (AvgIpc) is 2.84. The van der Waals surface area contributed by atoms with Gasteiger partial charge in [0, 0.05) is 30.0 Å². The summed E-state index contributed by atoms with van der Waals surface area (Å²) in [5.74, 6) is -0.423. The first kappa shape index (κ1) is 13.4. The minimum Gasteiger partial charge on any atom is -0.398 e. The maximum Gasteiger partial charge on any atom is 0.145 e. The van der Waals surface area contributed by atoms with Crippen LogP contribution in [-0.4, -0.2) is 6.54 Å². The molecule has 0 amide bonds. The summed E-state index contributed by atoms with van der Waals surface area (Å²) in [6.07, 6.45) is 0.940. The fourth-order valence-electron chi connectivity index (χ4n) is 2.80. The molecule has 106 valence electrons. The van der Waals surface area contributed by atoms with Crippen molar-refractivity contribution in [2.45, 2.75) is 19.9 Å². The standard InChI is InChI=1S/C17H16FN3/c1-11-7-12-5-6-21(16(12)8-15(11)20)10-14-4-2-3-13(9-19)17(14)18/h2-4,7-8H,5-6,10,20H2,1H3. The lowest BCUT2D eigenvalue weighted by atomic mass is 10.1. The van der Waals surface area contributed by atoms with Gasteiger partial charge >= 0.3 is 0 Å². The highest BCUT2D eigenvalue weighted by Gasteiger charge is 2.21. The Hall–Kier alpha value is -2.54. The van der Waals surface area contributed by atoms with Crippen molar-refractivity contribution in [3.05, 3.63) is 58.4 Å². The Morgan fingerprint density at radius 2 is 2.19 bits per heavy atom. The number of nitrogens with two attached hydrogens (primary N) is 1. The van der Waals surface area contributed by atoms with E-state index in [2.05, 4.69) is 11.0 Å². The zero-order valence-electron chi connectivity index (χ0n) is 11.9. The Balaban J connectivity index is 1.93. The second kappa shape index (κ2) is 5.10. The van der Waals surface area contributed by atoms with Crippen molar-refractivity contribution in [1.29, 1.82) is 5.26 Å². The number of fused-ring (bicyclic) bond motifs is 1. The first-order chi connectivity index (χ1) is 10.1. The molecule has 0 saturated carbocycles. The molecule has 0 saturated heterocycles. The summed E-state index contributed by atoms with van der Waals surface area (Å²) in [6, 6.07) is 10.9. The molecule has 0 fully saturated rings. The molecule has 1 aliphatic heterocycles. The number of hydrogen-bond acceptors (Lipinski definition) is 3. The number of nitrogens with zero attached hydrogens (tertiary/aromatic N) is 2. The van der Waals surface area contributed by atoms with E-state index in [0.717, 1.165) is 29.9 Å². The lowest BCUT2D eigenvalue weighted by Gasteiger charge is -2.20. The summed E-state index contributed by atoms with van der Waals surface area (Å²) >= 11 is 0. The van der Waals surface area contributed by atoms with E-state index in [9.17, 15) is 4.39 Å². The number of aryl methyl sites for hydroxylation is 1. The van der Waals surface area contributed by atoms with E-state index in [1.165, 1.54) is 11.6 Å². The van der Waals surface area contributed by atoms with Gasteiger partial charge in [-0.1, -0.05) is 18.2 Å². The van der Waals surface area contributed by atoms with Crippen LogP contribution >= 0.6 is 0 Å². The summed E-state index contributed by atoms with van der Waals surface area (Å²) < 4.78 is 14.2. The number of hydrogen-bond donors (Lipinski definition) is 1. The molecule has 3 nitrogen and oxygen atoms in total. The van der Waals surface area contributed by atoms with E-state index in [0.29, 0.717) is 12.1 Å². The fourth-order valence-corrected chi connectivity index (χ4v) is 2.80. The normalized spacial score (nSPS) is 13.1. The lowest BCUT2D eigenvalue weighted by molar-refractivity contribution is 0.602. The Labute approximate surface area is 123 Å². The maximum absolute atomic E-state index is 14.2. The minimum atomic E-state index is -0.423. The van der Waals surface area contributed by atoms with Gasteiger partial charge in [0.05, 0.1) is 5.56 Å². The van der Waals surface area contributed by atoms with E-state index < -0.39 is 5.82 Å². The van der Waals surface area contributed by atoms with E-state index in [1.54, 1.807) is 12.1 Å². The van der Waals surface area contributed by atoms with E-state index in [4.69, 9.17) is 11.0 Å². The first-order valence-corrected chi connectivity index (χ1v) is 6.91. The van der Waals surface area contributed by atoms with Crippen molar-refractivity contribution in [2.75, 3.05) is 17.2 Å². The molecule has 0 bridgehead atoms. The van der Waals surface area contributed by atoms with E-state index >= 15 is 0 Å². The summed E-state index contributed by atoms with van der Waals surface area (Å²) in [7, 11) is 0. The predicted molar refractivity (Wildman–Crippen MR) is 81.5 cm³/mol. The molecule has 21 heavy (non-hydrogen) atoms. The fraction of sp³-hybridized carbons (Fsp3) is 0.235. The van der Waals surface area contributed by atoms with Crippen molar-refractivity contribution in [2.24, 2.45) is 0 Å². The van der Waals surface area contributed by atoms with Gasteiger partial charge < -0.3 is 10.6 Å². The number of nitriles is 1. The highest BCUT2D eigenvalue weighted by atomic mass is 19.1. The van der Waals surface area contributed by atoms with Crippen LogP contribution in [0.25, 0.3) is 0 Å². The molecule has 0 spiro atoms. The number of rotatable bonds is 2. The average molecular weight is 281 g/mol. The van der Waals surface area contributed by atoms with Crippen LogP contribution in [0.3, 0.4) is 0 Å². The Bertz CT molecular complexity index is 746.